The van der Waals surface area contributed by atoms with E-state index in [0.29, 0.717) is 11.3 Å². The van der Waals surface area contributed by atoms with E-state index in [4.69, 9.17) is 9.84 Å². The molecule has 2 rings (SSSR count). The van der Waals surface area contributed by atoms with Crippen LogP contribution >= 0.6 is 0 Å². The van der Waals surface area contributed by atoms with Crippen LogP contribution in [-0.2, 0) is 4.74 Å². The van der Waals surface area contributed by atoms with Crippen molar-refractivity contribution in [1.82, 2.24) is 9.88 Å². The minimum Gasteiger partial charge on any atom is -0.465 e. The first-order valence-corrected chi connectivity index (χ1v) is 7.30. The molecule has 21 heavy (non-hydrogen) atoms. The molecule has 6 heteroatoms. The second-order valence-corrected chi connectivity index (χ2v) is 5.20. The van der Waals surface area contributed by atoms with Crippen molar-refractivity contribution < 1.29 is 14.6 Å². The number of esters is 1. The SMILES string of the molecule is COC(=O)c1ccc(N2CCCN(CCO)CC2)nc1C. The molecule has 0 unspecified atom stereocenters. The van der Waals surface area contributed by atoms with Crippen LogP contribution in [0.25, 0.3) is 0 Å². The number of hydrogen-bond acceptors (Lipinski definition) is 6. The number of aliphatic hydroxyl groups is 1. The maximum atomic E-state index is 11.6. The number of rotatable bonds is 4. The Labute approximate surface area is 125 Å². The van der Waals surface area contributed by atoms with Crippen LogP contribution in [0.2, 0.25) is 0 Å². The summed E-state index contributed by atoms with van der Waals surface area (Å²) in [6.45, 7) is 6.48. The van der Waals surface area contributed by atoms with Crippen molar-refractivity contribution >= 4 is 11.8 Å². The molecule has 0 radical (unpaired) electrons. The monoisotopic (exact) mass is 293 g/mol. The molecule has 2 heterocycles. The first-order chi connectivity index (χ1) is 10.2. The Morgan fingerprint density at radius 1 is 1.33 bits per heavy atom. The average Bonchev–Trinajstić information content (AvgIpc) is 2.72. The van der Waals surface area contributed by atoms with Crippen LogP contribution in [0.4, 0.5) is 5.82 Å². The third-order valence-electron chi connectivity index (χ3n) is 3.81. The number of aryl methyl sites for hydroxylation is 1. The molecule has 0 aliphatic carbocycles. The zero-order valence-electron chi connectivity index (χ0n) is 12.7. The Bertz CT molecular complexity index is 493. The van der Waals surface area contributed by atoms with Crippen molar-refractivity contribution in [1.29, 1.82) is 0 Å². The maximum absolute atomic E-state index is 11.6. The number of carbonyl (C=O) groups excluding carboxylic acids is 1. The van der Waals surface area contributed by atoms with E-state index in [9.17, 15) is 4.79 Å². The Balaban J connectivity index is 2.08. The fourth-order valence-corrected chi connectivity index (χ4v) is 2.61. The molecule has 1 aliphatic rings. The summed E-state index contributed by atoms with van der Waals surface area (Å²) in [5.41, 5.74) is 1.20. The molecule has 1 aromatic rings. The Morgan fingerprint density at radius 3 is 2.81 bits per heavy atom. The van der Waals surface area contributed by atoms with Crippen molar-refractivity contribution in [2.75, 3.05) is 51.3 Å². The highest BCUT2D eigenvalue weighted by Crippen LogP contribution is 2.17. The number of aromatic nitrogens is 1. The number of anilines is 1. The zero-order chi connectivity index (χ0) is 15.2. The molecule has 0 spiro atoms. The lowest BCUT2D eigenvalue weighted by molar-refractivity contribution is 0.0599. The molecule has 1 N–H and O–H groups in total. The second-order valence-electron chi connectivity index (χ2n) is 5.20. The van der Waals surface area contributed by atoms with Crippen molar-refractivity contribution in [3.63, 3.8) is 0 Å². The van der Waals surface area contributed by atoms with Crippen LogP contribution in [0.1, 0.15) is 22.5 Å². The molecule has 116 valence electrons. The van der Waals surface area contributed by atoms with E-state index in [1.807, 2.05) is 13.0 Å². The predicted octanol–water partition coefficient (Wildman–Crippen LogP) is 0.681. The Morgan fingerprint density at radius 2 is 2.14 bits per heavy atom. The van der Waals surface area contributed by atoms with Gasteiger partial charge in [0.1, 0.15) is 5.82 Å². The van der Waals surface area contributed by atoms with Gasteiger partial charge in [0.15, 0.2) is 0 Å². The minimum atomic E-state index is -0.350. The van der Waals surface area contributed by atoms with E-state index < -0.39 is 0 Å². The first-order valence-electron chi connectivity index (χ1n) is 7.30. The molecule has 1 fully saturated rings. The van der Waals surface area contributed by atoms with Gasteiger partial charge in [0, 0.05) is 26.2 Å². The van der Waals surface area contributed by atoms with Gasteiger partial charge < -0.3 is 14.7 Å². The fourth-order valence-electron chi connectivity index (χ4n) is 2.61. The van der Waals surface area contributed by atoms with Crippen LogP contribution in [-0.4, -0.2) is 67.4 Å². The molecule has 0 atom stereocenters. The smallest absolute Gasteiger partial charge is 0.339 e. The van der Waals surface area contributed by atoms with E-state index in [0.717, 1.165) is 45.0 Å². The molecule has 0 amide bonds. The number of aliphatic hydroxyl groups excluding tert-OH is 1. The van der Waals surface area contributed by atoms with Crippen LogP contribution in [0, 0.1) is 6.92 Å². The van der Waals surface area contributed by atoms with E-state index >= 15 is 0 Å². The largest absolute Gasteiger partial charge is 0.465 e. The van der Waals surface area contributed by atoms with Crippen LogP contribution < -0.4 is 4.90 Å². The molecular weight excluding hydrogens is 270 g/mol. The number of ether oxygens (including phenoxy) is 1. The summed E-state index contributed by atoms with van der Waals surface area (Å²) >= 11 is 0. The number of nitrogens with zero attached hydrogens (tertiary/aromatic N) is 3. The molecule has 6 nitrogen and oxygen atoms in total. The lowest BCUT2D eigenvalue weighted by atomic mass is 10.2. The van der Waals surface area contributed by atoms with Gasteiger partial charge >= 0.3 is 5.97 Å². The molecule has 0 aromatic carbocycles. The van der Waals surface area contributed by atoms with Gasteiger partial charge in [-0.2, -0.15) is 0 Å². The number of carbonyl (C=O) groups is 1. The van der Waals surface area contributed by atoms with Crippen LogP contribution in [0.3, 0.4) is 0 Å². The van der Waals surface area contributed by atoms with Gasteiger partial charge in [-0.3, -0.25) is 4.90 Å². The number of pyridine rings is 1. The molecule has 1 aromatic heterocycles. The van der Waals surface area contributed by atoms with Gasteiger partial charge in [-0.05, 0) is 32.0 Å². The average molecular weight is 293 g/mol. The summed E-state index contributed by atoms with van der Waals surface area (Å²) < 4.78 is 4.74. The van der Waals surface area contributed by atoms with Gasteiger partial charge in [-0.25, -0.2) is 9.78 Å². The second kappa shape index (κ2) is 7.38. The molecule has 1 aliphatic heterocycles. The fraction of sp³-hybridized carbons (Fsp3) is 0.600. The number of hydrogen-bond donors (Lipinski definition) is 1. The standard InChI is InChI=1S/C15H23N3O3/c1-12-13(15(20)21-2)4-5-14(16-12)18-7-3-6-17(8-9-18)10-11-19/h4-5,19H,3,6-11H2,1-2H3. The van der Waals surface area contributed by atoms with E-state index in [1.165, 1.54) is 7.11 Å². The zero-order valence-corrected chi connectivity index (χ0v) is 12.7. The number of methoxy groups -OCH3 is 1. The van der Waals surface area contributed by atoms with Gasteiger partial charge in [0.05, 0.1) is 25.0 Å². The normalized spacial score (nSPS) is 16.6. The van der Waals surface area contributed by atoms with Crippen molar-refractivity contribution in [2.45, 2.75) is 13.3 Å². The summed E-state index contributed by atoms with van der Waals surface area (Å²) in [6, 6.07) is 3.65. The highest BCUT2D eigenvalue weighted by molar-refractivity contribution is 5.90. The quantitative estimate of drug-likeness (QED) is 0.824. The third-order valence-corrected chi connectivity index (χ3v) is 3.81. The van der Waals surface area contributed by atoms with Crippen molar-refractivity contribution in [2.24, 2.45) is 0 Å². The Kier molecular flexibility index (Phi) is 5.52. The first kappa shape index (κ1) is 15.7. The molecule has 0 saturated carbocycles. The van der Waals surface area contributed by atoms with Crippen LogP contribution in [0.5, 0.6) is 0 Å². The predicted molar refractivity (Wildman–Crippen MR) is 80.7 cm³/mol. The Hall–Kier alpha value is -1.66. The summed E-state index contributed by atoms with van der Waals surface area (Å²) in [5.74, 6) is 0.544. The van der Waals surface area contributed by atoms with E-state index in [-0.39, 0.29) is 12.6 Å². The molecule has 1 saturated heterocycles. The summed E-state index contributed by atoms with van der Waals surface area (Å²) in [4.78, 5) is 20.6. The number of β-amino-alcohol motifs (C(OH)–C–C–N with tert-alkyl or cyclic N) is 1. The van der Waals surface area contributed by atoms with E-state index in [1.54, 1.807) is 6.07 Å². The summed E-state index contributed by atoms with van der Waals surface area (Å²) in [5, 5.41) is 9.02. The lowest BCUT2D eigenvalue weighted by Gasteiger charge is -2.23. The highest BCUT2D eigenvalue weighted by Gasteiger charge is 2.17. The topological polar surface area (TPSA) is 65.9 Å². The summed E-state index contributed by atoms with van der Waals surface area (Å²) in [7, 11) is 1.38. The van der Waals surface area contributed by atoms with Gasteiger partial charge in [0.2, 0.25) is 0 Å². The van der Waals surface area contributed by atoms with Gasteiger partial charge in [0.25, 0.3) is 0 Å². The van der Waals surface area contributed by atoms with Crippen molar-refractivity contribution in [3.8, 4) is 0 Å². The molecule has 0 bridgehead atoms. The highest BCUT2D eigenvalue weighted by atomic mass is 16.5. The third kappa shape index (κ3) is 3.92. The van der Waals surface area contributed by atoms with Gasteiger partial charge in [-0.15, -0.1) is 0 Å². The minimum absolute atomic E-state index is 0.200. The van der Waals surface area contributed by atoms with E-state index in [2.05, 4.69) is 14.8 Å². The van der Waals surface area contributed by atoms with Crippen LogP contribution in [0.15, 0.2) is 12.1 Å². The van der Waals surface area contributed by atoms with Crippen molar-refractivity contribution in [3.05, 3.63) is 23.4 Å². The van der Waals surface area contributed by atoms with Gasteiger partial charge in [-0.1, -0.05) is 0 Å². The summed E-state index contributed by atoms with van der Waals surface area (Å²) in [6.07, 6.45) is 1.04. The lowest BCUT2D eigenvalue weighted by Crippen LogP contribution is -2.32. The maximum Gasteiger partial charge on any atom is 0.339 e. The molecular formula is C15H23N3O3.